The number of nitrogens with two attached hydrogens (primary N) is 1. The van der Waals surface area contributed by atoms with Crippen molar-refractivity contribution in [2.45, 2.75) is 18.9 Å². The Balaban J connectivity index is 1.37. The number of halogens is 1. The molecule has 1 amide bonds. The molecule has 0 bridgehead atoms. The lowest BCUT2D eigenvalue weighted by molar-refractivity contribution is -0.675. The maximum absolute atomic E-state index is 13.3. The molecule has 3 N–H and O–H groups in total. The molecule has 1 saturated heterocycles. The number of hydrogen-bond donors (Lipinski definition) is 2. The van der Waals surface area contributed by atoms with Crippen LogP contribution in [0.2, 0.25) is 0 Å². The number of nitrogens with one attached hydrogen (secondary N) is 1. The van der Waals surface area contributed by atoms with Gasteiger partial charge >= 0.3 is 0 Å². The van der Waals surface area contributed by atoms with Gasteiger partial charge in [-0.05, 0) is 72.8 Å². The third-order valence-corrected chi connectivity index (χ3v) is 6.20. The van der Waals surface area contributed by atoms with Crippen molar-refractivity contribution in [3.63, 3.8) is 0 Å². The Labute approximate surface area is 174 Å². The van der Waals surface area contributed by atoms with E-state index in [2.05, 4.69) is 22.3 Å². The summed E-state index contributed by atoms with van der Waals surface area (Å²) in [5, 5.41) is 6.98. The molecule has 1 fully saturated rings. The molecule has 3 aromatic rings. The minimum Gasteiger partial charge on any atom is -0.372 e. The first-order chi connectivity index (χ1) is 14.2. The highest BCUT2D eigenvalue weighted by atomic mass is 32.1. The molecule has 0 spiro atoms. The fraction of sp³-hybridized carbons (Fsp3) is 0.261. The maximum Gasteiger partial charge on any atom is 0.279 e. The van der Waals surface area contributed by atoms with Gasteiger partial charge in [0.1, 0.15) is 11.9 Å². The van der Waals surface area contributed by atoms with Crippen LogP contribution in [0.1, 0.15) is 29.3 Å². The number of rotatable bonds is 7. The van der Waals surface area contributed by atoms with Crippen LogP contribution in [0.25, 0.3) is 0 Å². The number of carbonyl (C=O) groups excluding carboxylic acids is 1. The monoisotopic (exact) mass is 410 g/mol. The van der Waals surface area contributed by atoms with Crippen LogP contribution in [0.3, 0.4) is 0 Å². The zero-order valence-corrected chi connectivity index (χ0v) is 17.0. The standard InChI is InChI=1S/C23H24FN3OS/c24-18-7-5-17(6-8-18)23(21-4-3-15-29-21)25-16-22(28)26-19-9-11-20(12-10-19)27-13-1-2-14-27/h3-12,15,23,25H,1-2,13-14,16H2,(H,26,28)/p+1/t23-/m1/s1. The second kappa shape index (κ2) is 9.20. The van der Waals surface area contributed by atoms with Crippen molar-refractivity contribution in [2.75, 3.05) is 29.9 Å². The summed E-state index contributed by atoms with van der Waals surface area (Å²) < 4.78 is 13.3. The van der Waals surface area contributed by atoms with Crippen LogP contribution < -0.4 is 15.5 Å². The Bertz CT molecular complexity index is 920. The average Bonchev–Trinajstić information content (AvgIpc) is 3.44. The van der Waals surface area contributed by atoms with Crippen LogP contribution in [-0.2, 0) is 4.79 Å². The van der Waals surface area contributed by atoms with E-state index < -0.39 is 0 Å². The lowest BCUT2D eigenvalue weighted by Crippen LogP contribution is -2.87. The molecule has 1 aliphatic heterocycles. The molecule has 29 heavy (non-hydrogen) atoms. The number of carbonyl (C=O) groups is 1. The van der Waals surface area contributed by atoms with Crippen molar-refractivity contribution < 1.29 is 14.5 Å². The first-order valence-corrected chi connectivity index (χ1v) is 10.8. The van der Waals surface area contributed by atoms with E-state index in [0.717, 1.165) is 29.2 Å². The maximum atomic E-state index is 13.3. The van der Waals surface area contributed by atoms with E-state index in [1.54, 1.807) is 23.5 Å². The third-order valence-electron chi connectivity index (χ3n) is 5.24. The van der Waals surface area contributed by atoms with Crippen LogP contribution in [-0.4, -0.2) is 25.5 Å². The summed E-state index contributed by atoms with van der Waals surface area (Å²) in [5.74, 6) is -0.309. The molecule has 0 unspecified atom stereocenters. The van der Waals surface area contributed by atoms with E-state index in [9.17, 15) is 9.18 Å². The molecule has 1 atom stereocenters. The molecule has 0 aliphatic carbocycles. The van der Waals surface area contributed by atoms with Gasteiger partial charge in [0.05, 0.1) is 4.88 Å². The first kappa shape index (κ1) is 19.6. The normalized spacial score (nSPS) is 14.7. The second-order valence-corrected chi connectivity index (χ2v) is 8.25. The smallest absolute Gasteiger partial charge is 0.279 e. The SMILES string of the molecule is O=C(C[NH2+][C@H](c1ccc(F)cc1)c1cccs1)Nc1ccc(N2CCCC2)cc1. The summed E-state index contributed by atoms with van der Waals surface area (Å²) in [7, 11) is 0. The summed E-state index contributed by atoms with van der Waals surface area (Å²) >= 11 is 1.64. The summed E-state index contributed by atoms with van der Waals surface area (Å²) in [6.45, 7) is 2.50. The fourth-order valence-electron chi connectivity index (χ4n) is 3.72. The molecule has 2 aromatic carbocycles. The Morgan fingerprint density at radius 1 is 1.07 bits per heavy atom. The molecule has 1 aliphatic rings. The summed E-state index contributed by atoms with van der Waals surface area (Å²) in [6, 6.07) is 18.6. The predicted molar refractivity (Wildman–Crippen MR) is 116 cm³/mol. The van der Waals surface area contributed by atoms with Crippen molar-refractivity contribution in [1.82, 2.24) is 0 Å². The van der Waals surface area contributed by atoms with Gasteiger partial charge in [0.2, 0.25) is 0 Å². The van der Waals surface area contributed by atoms with Crippen molar-refractivity contribution in [3.05, 3.63) is 82.3 Å². The second-order valence-electron chi connectivity index (χ2n) is 7.27. The largest absolute Gasteiger partial charge is 0.372 e. The summed E-state index contributed by atoms with van der Waals surface area (Å²) in [5.41, 5.74) is 3.00. The van der Waals surface area contributed by atoms with Crippen molar-refractivity contribution in [2.24, 2.45) is 0 Å². The number of amides is 1. The molecular weight excluding hydrogens is 385 g/mol. The highest BCUT2D eigenvalue weighted by molar-refractivity contribution is 7.10. The zero-order valence-electron chi connectivity index (χ0n) is 16.2. The van der Waals surface area contributed by atoms with Crippen LogP contribution in [0, 0.1) is 5.82 Å². The fourth-order valence-corrected chi connectivity index (χ4v) is 4.57. The van der Waals surface area contributed by atoms with Gasteiger partial charge in [-0.1, -0.05) is 6.07 Å². The van der Waals surface area contributed by atoms with Gasteiger partial charge in [-0.3, -0.25) is 4.79 Å². The van der Waals surface area contributed by atoms with Crippen LogP contribution in [0.5, 0.6) is 0 Å². The molecule has 2 heterocycles. The van der Waals surface area contributed by atoms with Crippen molar-refractivity contribution in [1.29, 1.82) is 0 Å². The molecular formula is C23H25FN3OS+. The number of quaternary nitrogens is 1. The van der Waals surface area contributed by atoms with Crippen LogP contribution in [0.4, 0.5) is 15.8 Å². The van der Waals surface area contributed by atoms with E-state index in [1.807, 2.05) is 35.0 Å². The molecule has 4 rings (SSSR count). The van der Waals surface area contributed by atoms with Gasteiger partial charge < -0.3 is 15.5 Å². The Kier molecular flexibility index (Phi) is 6.22. The molecule has 4 nitrogen and oxygen atoms in total. The first-order valence-electron chi connectivity index (χ1n) is 9.96. The van der Waals surface area contributed by atoms with E-state index in [-0.39, 0.29) is 24.3 Å². The quantitative estimate of drug-likeness (QED) is 0.623. The highest BCUT2D eigenvalue weighted by Crippen LogP contribution is 2.23. The zero-order chi connectivity index (χ0) is 20.1. The average molecular weight is 411 g/mol. The molecule has 150 valence electrons. The van der Waals surface area contributed by atoms with E-state index in [1.165, 1.54) is 30.7 Å². The molecule has 0 saturated carbocycles. The van der Waals surface area contributed by atoms with Gasteiger partial charge in [-0.2, -0.15) is 0 Å². The third kappa shape index (κ3) is 5.02. The van der Waals surface area contributed by atoms with E-state index in [0.29, 0.717) is 0 Å². The molecule has 0 radical (unpaired) electrons. The topological polar surface area (TPSA) is 49.0 Å². The highest BCUT2D eigenvalue weighted by Gasteiger charge is 2.20. The molecule has 1 aromatic heterocycles. The van der Waals surface area contributed by atoms with Crippen molar-refractivity contribution in [3.8, 4) is 0 Å². The van der Waals surface area contributed by atoms with E-state index in [4.69, 9.17) is 0 Å². The van der Waals surface area contributed by atoms with Gasteiger partial charge in [0.25, 0.3) is 5.91 Å². The van der Waals surface area contributed by atoms with Gasteiger partial charge in [0.15, 0.2) is 6.54 Å². The summed E-state index contributed by atoms with van der Waals surface area (Å²) in [6.07, 6.45) is 2.49. The van der Waals surface area contributed by atoms with Crippen LogP contribution >= 0.6 is 11.3 Å². The van der Waals surface area contributed by atoms with Gasteiger partial charge in [-0.15, -0.1) is 11.3 Å². The lowest BCUT2D eigenvalue weighted by Gasteiger charge is -2.18. The minimum atomic E-state index is -0.256. The van der Waals surface area contributed by atoms with Gasteiger partial charge in [0, 0.05) is 30.0 Å². The van der Waals surface area contributed by atoms with Crippen molar-refractivity contribution >= 4 is 28.6 Å². The lowest BCUT2D eigenvalue weighted by atomic mass is 10.1. The van der Waals surface area contributed by atoms with Crippen LogP contribution in [0.15, 0.2) is 66.0 Å². The number of anilines is 2. The Morgan fingerprint density at radius 3 is 2.45 bits per heavy atom. The Morgan fingerprint density at radius 2 is 1.79 bits per heavy atom. The number of benzene rings is 2. The number of hydrogen-bond acceptors (Lipinski definition) is 3. The predicted octanol–water partition coefficient (Wildman–Crippen LogP) is 3.78. The number of nitrogens with zero attached hydrogens (tertiary/aromatic N) is 1. The molecule has 6 heteroatoms. The van der Waals surface area contributed by atoms with E-state index >= 15 is 0 Å². The Hall–Kier alpha value is -2.70. The number of thiophene rings is 1. The minimum absolute atomic E-state index is 0.0288. The summed E-state index contributed by atoms with van der Waals surface area (Å²) in [4.78, 5) is 16.0. The van der Waals surface area contributed by atoms with Gasteiger partial charge in [-0.25, -0.2) is 4.39 Å².